The SMILES string of the molecule is CC(O)C(N)C(=O)NC(Cc1cnc[nH]1)C(=O)NC(CC(=O)O)C(=O)NC(CO)C(=O)O. The number of aliphatic hydroxyl groups excluding tert-OH is 2. The highest BCUT2D eigenvalue weighted by Crippen LogP contribution is 2.03. The van der Waals surface area contributed by atoms with Crippen molar-refractivity contribution >= 4 is 29.7 Å². The van der Waals surface area contributed by atoms with E-state index >= 15 is 0 Å². The van der Waals surface area contributed by atoms with Gasteiger partial charge in [-0.15, -0.1) is 0 Å². The molecule has 0 saturated heterocycles. The molecule has 0 fully saturated rings. The molecule has 10 N–H and O–H groups in total. The lowest BCUT2D eigenvalue weighted by Crippen LogP contribution is -2.59. The number of carbonyl (C=O) groups excluding carboxylic acids is 3. The van der Waals surface area contributed by atoms with Gasteiger partial charge in [-0.3, -0.25) is 19.2 Å². The number of nitrogens with zero attached hydrogens (tertiary/aromatic N) is 1. The van der Waals surface area contributed by atoms with Gasteiger partial charge in [0, 0.05) is 18.3 Å². The zero-order valence-corrected chi connectivity index (χ0v) is 17.0. The van der Waals surface area contributed by atoms with Crippen LogP contribution >= 0.6 is 0 Å². The lowest BCUT2D eigenvalue weighted by molar-refractivity contribution is -0.144. The average Bonchev–Trinajstić information content (AvgIpc) is 3.22. The predicted octanol–water partition coefficient (Wildman–Crippen LogP) is -4.33. The molecule has 15 heteroatoms. The first-order valence-electron chi connectivity index (χ1n) is 9.33. The maximum Gasteiger partial charge on any atom is 0.328 e. The van der Waals surface area contributed by atoms with Crippen LogP contribution in [0.15, 0.2) is 12.5 Å². The van der Waals surface area contributed by atoms with Crippen LogP contribution in [0.5, 0.6) is 0 Å². The maximum absolute atomic E-state index is 12.8. The van der Waals surface area contributed by atoms with Crippen molar-refractivity contribution in [2.75, 3.05) is 6.61 Å². The number of amides is 3. The van der Waals surface area contributed by atoms with Crippen LogP contribution in [-0.2, 0) is 30.4 Å². The molecule has 178 valence electrons. The second-order valence-electron chi connectivity index (χ2n) is 6.85. The minimum Gasteiger partial charge on any atom is -0.481 e. The van der Waals surface area contributed by atoms with Crippen LogP contribution in [0.2, 0.25) is 0 Å². The summed E-state index contributed by atoms with van der Waals surface area (Å²) in [6.07, 6.45) is 0.381. The van der Waals surface area contributed by atoms with E-state index in [9.17, 15) is 29.1 Å². The minimum atomic E-state index is -1.72. The van der Waals surface area contributed by atoms with Crippen molar-refractivity contribution in [3.05, 3.63) is 18.2 Å². The predicted molar refractivity (Wildman–Crippen MR) is 105 cm³/mol. The smallest absolute Gasteiger partial charge is 0.328 e. The number of nitrogens with two attached hydrogens (primary N) is 1. The number of aliphatic hydroxyl groups is 2. The monoisotopic (exact) mass is 458 g/mol. The van der Waals surface area contributed by atoms with E-state index in [-0.39, 0.29) is 6.42 Å². The largest absolute Gasteiger partial charge is 0.481 e. The highest BCUT2D eigenvalue weighted by Gasteiger charge is 2.32. The van der Waals surface area contributed by atoms with Gasteiger partial charge in [0.1, 0.15) is 24.2 Å². The number of hydrogen-bond acceptors (Lipinski definition) is 9. The number of hydrogen-bond donors (Lipinski definition) is 9. The lowest BCUT2D eigenvalue weighted by atomic mass is 10.1. The Balaban J connectivity index is 3.04. The molecule has 1 rings (SSSR count). The average molecular weight is 458 g/mol. The third kappa shape index (κ3) is 8.29. The molecule has 5 unspecified atom stereocenters. The van der Waals surface area contributed by atoms with Crippen molar-refractivity contribution in [2.45, 2.75) is 50.0 Å². The second kappa shape index (κ2) is 12.3. The number of H-pyrrole nitrogens is 1. The van der Waals surface area contributed by atoms with E-state index in [1.54, 1.807) is 0 Å². The molecule has 32 heavy (non-hydrogen) atoms. The Morgan fingerprint density at radius 2 is 1.59 bits per heavy atom. The van der Waals surface area contributed by atoms with E-state index in [0.29, 0.717) is 5.69 Å². The molecule has 0 aliphatic carbocycles. The number of carbonyl (C=O) groups is 5. The second-order valence-corrected chi connectivity index (χ2v) is 6.85. The summed E-state index contributed by atoms with van der Waals surface area (Å²) in [6.45, 7) is 0.298. The number of imidazole rings is 1. The van der Waals surface area contributed by atoms with Crippen molar-refractivity contribution in [2.24, 2.45) is 5.73 Å². The molecular formula is C17H26N6O9. The normalized spacial score (nSPS) is 15.5. The number of carboxylic acids is 2. The molecule has 5 atom stereocenters. The Kier molecular flexibility index (Phi) is 10.2. The molecule has 1 aromatic heterocycles. The molecule has 0 saturated carbocycles. The van der Waals surface area contributed by atoms with Gasteiger partial charge in [0.15, 0.2) is 0 Å². The van der Waals surface area contributed by atoms with Crippen molar-refractivity contribution in [1.82, 2.24) is 25.9 Å². The van der Waals surface area contributed by atoms with Crippen LogP contribution in [0.1, 0.15) is 19.0 Å². The molecule has 15 nitrogen and oxygen atoms in total. The van der Waals surface area contributed by atoms with Gasteiger partial charge in [0.05, 0.1) is 25.5 Å². The molecule has 0 aliphatic heterocycles. The summed E-state index contributed by atoms with van der Waals surface area (Å²) in [7, 11) is 0. The first-order valence-corrected chi connectivity index (χ1v) is 9.33. The van der Waals surface area contributed by atoms with Gasteiger partial charge in [0.2, 0.25) is 17.7 Å². The number of rotatable bonds is 13. The van der Waals surface area contributed by atoms with Crippen LogP contribution in [0, 0.1) is 0 Å². The van der Waals surface area contributed by atoms with E-state index in [1.165, 1.54) is 19.4 Å². The molecule has 0 aromatic carbocycles. The fourth-order valence-electron chi connectivity index (χ4n) is 2.43. The molecule has 0 spiro atoms. The fourth-order valence-corrected chi connectivity index (χ4v) is 2.43. The van der Waals surface area contributed by atoms with Gasteiger partial charge in [-0.1, -0.05) is 0 Å². The van der Waals surface area contributed by atoms with E-state index < -0.39 is 73.0 Å². The summed E-state index contributed by atoms with van der Waals surface area (Å²) in [5.41, 5.74) is 5.96. The third-order valence-electron chi connectivity index (χ3n) is 4.24. The Hall–Kier alpha value is -3.56. The summed E-state index contributed by atoms with van der Waals surface area (Å²) in [4.78, 5) is 65.9. The molecule has 0 bridgehead atoms. The zero-order chi connectivity index (χ0) is 24.4. The first-order chi connectivity index (χ1) is 15.0. The Labute approximate surface area is 181 Å². The topological polar surface area (TPSA) is 257 Å². The summed E-state index contributed by atoms with van der Waals surface area (Å²) in [5.74, 6) is -6.09. The maximum atomic E-state index is 12.8. The van der Waals surface area contributed by atoms with Crippen molar-refractivity contribution in [3.63, 3.8) is 0 Å². The summed E-state index contributed by atoms with van der Waals surface area (Å²) >= 11 is 0. The van der Waals surface area contributed by atoms with Gasteiger partial charge in [-0.25, -0.2) is 9.78 Å². The van der Waals surface area contributed by atoms with E-state index in [1.807, 2.05) is 5.32 Å². The fraction of sp³-hybridized carbons (Fsp3) is 0.529. The van der Waals surface area contributed by atoms with Crippen LogP contribution < -0.4 is 21.7 Å². The van der Waals surface area contributed by atoms with Gasteiger partial charge in [-0.2, -0.15) is 0 Å². The quantitative estimate of drug-likeness (QED) is 0.136. The lowest BCUT2D eigenvalue weighted by Gasteiger charge is -2.24. The van der Waals surface area contributed by atoms with Crippen LogP contribution in [-0.4, -0.2) is 96.9 Å². The van der Waals surface area contributed by atoms with Gasteiger partial charge in [0.25, 0.3) is 0 Å². The summed E-state index contributed by atoms with van der Waals surface area (Å²) < 4.78 is 0. The molecule has 1 heterocycles. The zero-order valence-electron chi connectivity index (χ0n) is 17.0. The molecule has 1 aromatic rings. The van der Waals surface area contributed by atoms with Gasteiger partial charge < -0.3 is 47.1 Å². The van der Waals surface area contributed by atoms with Gasteiger partial charge in [-0.05, 0) is 6.92 Å². The molecule has 0 aliphatic rings. The number of carboxylic acid groups (broad SMARTS) is 2. The van der Waals surface area contributed by atoms with Crippen molar-refractivity contribution in [1.29, 1.82) is 0 Å². The van der Waals surface area contributed by atoms with E-state index in [0.717, 1.165) is 0 Å². The van der Waals surface area contributed by atoms with E-state index in [4.69, 9.17) is 21.1 Å². The minimum absolute atomic E-state index is 0.153. The molecule has 3 amide bonds. The standard InChI is InChI=1S/C17H26N6O9/c1-7(25)13(18)16(30)22-9(2-8-4-19-6-20-8)14(28)21-10(3-12(26)27)15(29)23-11(5-24)17(31)32/h4,6-7,9-11,13,24-25H,2-3,5,18H2,1H3,(H,19,20)(H,21,28)(H,22,30)(H,23,29)(H,26,27)(H,31,32). The van der Waals surface area contributed by atoms with Crippen LogP contribution in [0.25, 0.3) is 0 Å². The van der Waals surface area contributed by atoms with Crippen molar-refractivity contribution < 1.29 is 44.4 Å². The number of nitrogens with one attached hydrogen (secondary N) is 4. The van der Waals surface area contributed by atoms with Gasteiger partial charge >= 0.3 is 11.9 Å². The van der Waals surface area contributed by atoms with Crippen LogP contribution in [0.3, 0.4) is 0 Å². The molecular weight excluding hydrogens is 432 g/mol. The Bertz CT molecular complexity index is 813. The Morgan fingerprint density at radius 3 is 2.06 bits per heavy atom. The van der Waals surface area contributed by atoms with Crippen LogP contribution in [0.4, 0.5) is 0 Å². The van der Waals surface area contributed by atoms with Crippen molar-refractivity contribution in [3.8, 4) is 0 Å². The highest BCUT2D eigenvalue weighted by atomic mass is 16.4. The number of aromatic nitrogens is 2. The number of aliphatic carboxylic acids is 2. The third-order valence-corrected chi connectivity index (χ3v) is 4.24. The Morgan fingerprint density at radius 1 is 1.03 bits per heavy atom. The number of aromatic amines is 1. The first kappa shape index (κ1) is 26.5. The summed E-state index contributed by atoms with van der Waals surface area (Å²) in [6, 6.07) is -6.17. The molecule has 0 radical (unpaired) electrons. The van der Waals surface area contributed by atoms with E-state index in [2.05, 4.69) is 20.6 Å². The summed E-state index contributed by atoms with van der Waals surface area (Å²) in [5, 5.41) is 42.8. The highest BCUT2D eigenvalue weighted by molar-refractivity contribution is 5.95.